The molecule has 0 radical (unpaired) electrons. The Morgan fingerprint density at radius 3 is 2.83 bits per heavy atom. The molecule has 0 atom stereocenters. The first-order valence-electron chi connectivity index (χ1n) is 6.24. The lowest BCUT2D eigenvalue weighted by Crippen LogP contribution is -1.91. The molecule has 92 valence electrons. The van der Waals surface area contributed by atoms with Crippen LogP contribution in [0.15, 0.2) is 40.4 Å². The highest BCUT2D eigenvalue weighted by Gasteiger charge is 2.12. The van der Waals surface area contributed by atoms with Gasteiger partial charge in [-0.3, -0.25) is 0 Å². The van der Waals surface area contributed by atoms with Crippen LogP contribution in [-0.4, -0.2) is 4.98 Å². The van der Waals surface area contributed by atoms with Crippen LogP contribution in [0, 0.1) is 6.92 Å². The number of rotatable bonds is 2. The SMILES string of the molecule is Cc1cc(N)cnc1Sc1ccc2c(c1)CCC2. The van der Waals surface area contributed by atoms with E-state index in [0.29, 0.717) is 0 Å². The molecule has 0 amide bonds. The van der Waals surface area contributed by atoms with Gasteiger partial charge in [-0.1, -0.05) is 17.8 Å². The summed E-state index contributed by atoms with van der Waals surface area (Å²) in [5, 5.41) is 1.04. The number of aryl methyl sites for hydroxylation is 3. The standard InChI is InChI=1S/C15H16N2S/c1-10-7-13(16)9-17-15(10)18-14-6-5-11-3-2-4-12(11)8-14/h5-9H,2-4,16H2,1H3. The summed E-state index contributed by atoms with van der Waals surface area (Å²) in [7, 11) is 0. The van der Waals surface area contributed by atoms with E-state index in [4.69, 9.17) is 5.73 Å². The number of anilines is 1. The average Bonchev–Trinajstić information content (AvgIpc) is 2.80. The summed E-state index contributed by atoms with van der Waals surface area (Å²) >= 11 is 1.72. The van der Waals surface area contributed by atoms with Crippen molar-refractivity contribution in [1.29, 1.82) is 0 Å². The number of nitrogens with zero attached hydrogens (tertiary/aromatic N) is 1. The number of nitrogen functional groups attached to an aromatic ring is 1. The molecule has 2 aromatic rings. The normalized spacial score (nSPS) is 13.6. The molecule has 3 rings (SSSR count). The van der Waals surface area contributed by atoms with E-state index < -0.39 is 0 Å². The Balaban J connectivity index is 1.88. The van der Waals surface area contributed by atoms with Gasteiger partial charge in [-0.05, 0) is 61.1 Å². The maximum absolute atomic E-state index is 5.72. The number of aromatic nitrogens is 1. The Morgan fingerprint density at radius 1 is 1.17 bits per heavy atom. The van der Waals surface area contributed by atoms with Crippen molar-refractivity contribution < 1.29 is 0 Å². The third-order valence-electron chi connectivity index (χ3n) is 3.34. The van der Waals surface area contributed by atoms with Crippen LogP contribution in [0.4, 0.5) is 5.69 Å². The number of benzene rings is 1. The van der Waals surface area contributed by atoms with Crippen LogP contribution >= 0.6 is 11.8 Å². The van der Waals surface area contributed by atoms with E-state index in [0.717, 1.165) is 16.3 Å². The number of hydrogen-bond acceptors (Lipinski definition) is 3. The van der Waals surface area contributed by atoms with Crippen LogP contribution in [-0.2, 0) is 12.8 Å². The zero-order valence-electron chi connectivity index (χ0n) is 10.4. The van der Waals surface area contributed by atoms with Crippen LogP contribution in [0.2, 0.25) is 0 Å². The van der Waals surface area contributed by atoms with Crippen molar-refractivity contribution in [2.75, 3.05) is 5.73 Å². The zero-order chi connectivity index (χ0) is 12.5. The molecule has 18 heavy (non-hydrogen) atoms. The lowest BCUT2D eigenvalue weighted by Gasteiger charge is -2.07. The van der Waals surface area contributed by atoms with Gasteiger partial charge in [0.2, 0.25) is 0 Å². The molecule has 0 fully saturated rings. The Morgan fingerprint density at radius 2 is 2.00 bits per heavy atom. The van der Waals surface area contributed by atoms with Crippen molar-refractivity contribution in [2.45, 2.75) is 36.1 Å². The Hall–Kier alpha value is -1.48. The number of nitrogens with two attached hydrogens (primary N) is 1. The minimum Gasteiger partial charge on any atom is -0.397 e. The molecule has 1 aliphatic rings. The van der Waals surface area contributed by atoms with Gasteiger partial charge in [-0.15, -0.1) is 0 Å². The van der Waals surface area contributed by atoms with Crippen LogP contribution in [0.3, 0.4) is 0 Å². The lowest BCUT2D eigenvalue weighted by atomic mass is 10.1. The minimum atomic E-state index is 0.728. The first kappa shape index (κ1) is 11.6. The van der Waals surface area contributed by atoms with E-state index in [2.05, 4.69) is 30.1 Å². The number of pyridine rings is 1. The van der Waals surface area contributed by atoms with Crippen molar-refractivity contribution in [3.05, 3.63) is 47.2 Å². The average molecular weight is 256 g/mol. The second kappa shape index (κ2) is 4.65. The summed E-state index contributed by atoms with van der Waals surface area (Å²) < 4.78 is 0. The van der Waals surface area contributed by atoms with E-state index in [-0.39, 0.29) is 0 Å². The predicted molar refractivity (Wildman–Crippen MR) is 76.0 cm³/mol. The Kier molecular flexibility index (Phi) is 3.00. The maximum atomic E-state index is 5.72. The van der Waals surface area contributed by atoms with Gasteiger partial charge in [0, 0.05) is 4.90 Å². The van der Waals surface area contributed by atoms with E-state index >= 15 is 0 Å². The first-order valence-corrected chi connectivity index (χ1v) is 7.06. The van der Waals surface area contributed by atoms with Crippen LogP contribution in [0.1, 0.15) is 23.1 Å². The van der Waals surface area contributed by atoms with Gasteiger partial charge in [0.15, 0.2) is 0 Å². The molecular weight excluding hydrogens is 240 g/mol. The topological polar surface area (TPSA) is 38.9 Å². The Labute approximate surface area is 112 Å². The Bertz CT molecular complexity index is 593. The zero-order valence-corrected chi connectivity index (χ0v) is 11.3. The van der Waals surface area contributed by atoms with Gasteiger partial charge >= 0.3 is 0 Å². The van der Waals surface area contributed by atoms with Crippen LogP contribution < -0.4 is 5.73 Å². The van der Waals surface area contributed by atoms with Gasteiger partial charge in [0.05, 0.1) is 11.9 Å². The second-order valence-electron chi connectivity index (χ2n) is 4.78. The van der Waals surface area contributed by atoms with Crippen molar-refractivity contribution in [1.82, 2.24) is 4.98 Å². The molecule has 0 saturated carbocycles. The summed E-state index contributed by atoms with van der Waals surface area (Å²) in [6, 6.07) is 8.75. The maximum Gasteiger partial charge on any atom is 0.104 e. The molecule has 1 aromatic heterocycles. The molecule has 0 bridgehead atoms. The molecule has 3 heteroatoms. The molecule has 0 spiro atoms. The molecule has 2 N–H and O–H groups in total. The summed E-state index contributed by atoms with van der Waals surface area (Å²) in [5.41, 5.74) is 10.6. The molecule has 0 aliphatic heterocycles. The van der Waals surface area contributed by atoms with Crippen molar-refractivity contribution in [3.8, 4) is 0 Å². The van der Waals surface area contributed by atoms with Crippen molar-refractivity contribution in [3.63, 3.8) is 0 Å². The fourth-order valence-electron chi connectivity index (χ4n) is 2.41. The molecule has 0 unspecified atom stereocenters. The monoisotopic (exact) mass is 256 g/mol. The summed E-state index contributed by atoms with van der Waals surface area (Å²) in [6.07, 6.45) is 5.47. The highest BCUT2D eigenvalue weighted by atomic mass is 32.2. The van der Waals surface area contributed by atoms with Crippen molar-refractivity contribution >= 4 is 17.4 Å². The highest BCUT2D eigenvalue weighted by Crippen LogP contribution is 2.32. The summed E-state index contributed by atoms with van der Waals surface area (Å²) in [6.45, 7) is 2.05. The third-order valence-corrected chi connectivity index (χ3v) is 4.45. The molecule has 0 saturated heterocycles. The van der Waals surface area contributed by atoms with Gasteiger partial charge in [-0.2, -0.15) is 0 Å². The molecule has 1 aliphatic carbocycles. The second-order valence-corrected chi connectivity index (χ2v) is 5.84. The van der Waals surface area contributed by atoms with Gasteiger partial charge < -0.3 is 5.73 Å². The summed E-state index contributed by atoms with van der Waals surface area (Å²) in [5.74, 6) is 0. The van der Waals surface area contributed by atoms with E-state index in [1.54, 1.807) is 18.0 Å². The van der Waals surface area contributed by atoms with E-state index in [9.17, 15) is 0 Å². The molecule has 1 heterocycles. The van der Waals surface area contributed by atoms with E-state index in [1.807, 2.05) is 6.07 Å². The van der Waals surface area contributed by atoms with Gasteiger partial charge in [0.1, 0.15) is 5.03 Å². The first-order chi connectivity index (χ1) is 8.72. The lowest BCUT2D eigenvalue weighted by molar-refractivity contribution is 0.911. The van der Waals surface area contributed by atoms with Gasteiger partial charge in [-0.25, -0.2) is 4.98 Å². The molecule has 2 nitrogen and oxygen atoms in total. The fraction of sp³-hybridized carbons (Fsp3) is 0.267. The van der Waals surface area contributed by atoms with E-state index in [1.165, 1.54) is 35.3 Å². The molecular formula is C15H16N2S. The van der Waals surface area contributed by atoms with Crippen molar-refractivity contribution in [2.24, 2.45) is 0 Å². The van der Waals surface area contributed by atoms with Crippen LogP contribution in [0.5, 0.6) is 0 Å². The quantitative estimate of drug-likeness (QED) is 0.892. The smallest absolute Gasteiger partial charge is 0.104 e. The summed E-state index contributed by atoms with van der Waals surface area (Å²) in [4.78, 5) is 5.68. The minimum absolute atomic E-state index is 0.728. The largest absolute Gasteiger partial charge is 0.397 e. The number of fused-ring (bicyclic) bond motifs is 1. The predicted octanol–water partition coefficient (Wildman–Crippen LogP) is 3.61. The highest BCUT2D eigenvalue weighted by molar-refractivity contribution is 7.99. The van der Waals surface area contributed by atoms with Crippen LogP contribution in [0.25, 0.3) is 0 Å². The third kappa shape index (κ3) is 2.23. The fourth-order valence-corrected chi connectivity index (χ4v) is 3.30. The van der Waals surface area contributed by atoms with Gasteiger partial charge in [0.25, 0.3) is 0 Å². The number of hydrogen-bond donors (Lipinski definition) is 1. The molecule has 1 aromatic carbocycles.